The zero-order valence-corrected chi connectivity index (χ0v) is 21.5. The molecule has 3 amide bonds. The van der Waals surface area contributed by atoms with Gasteiger partial charge < -0.3 is 20.6 Å². The van der Waals surface area contributed by atoms with Crippen LogP contribution in [0.15, 0.2) is 30.4 Å². The number of aliphatic hydroxyl groups excluding tert-OH is 1. The molecule has 0 unspecified atom stereocenters. The molecule has 1 fully saturated rings. The Morgan fingerprint density at radius 3 is 2.34 bits per heavy atom. The quantitative estimate of drug-likeness (QED) is 0.331. The van der Waals surface area contributed by atoms with Crippen molar-refractivity contribution in [2.45, 2.75) is 65.3 Å². The molecule has 0 spiro atoms. The van der Waals surface area contributed by atoms with Gasteiger partial charge in [0.2, 0.25) is 17.7 Å². The van der Waals surface area contributed by atoms with Gasteiger partial charge in [0.1, 0.15) is 6.04 Å². The molecule has 1 heterocycles. The number of nitrogens with zero attached hydrogens (tertiary/aromatic N) is 1. The Hall–Kier alpha value is -2.67. The maximum Gasteiger partial charge on any atom is 0.247 e. The van der Waals surface area contributed by atoms with Crippen LogP contribution in [0.4, 0.5) is 5.69 Å². The van der Waals surface area contributed by atoms with Crippen molar-refractivity contribution in [2.24, 2.45) is 23.7 Å². The summed E-state index contributed by atoms with van der Waals surface area (Å²) in [5, 5.41) is 14.9. The number of anilines is 1. The third-order valence-corrected chi connectivity index (χ3v) is 7.59. The van der Waals surface area contributed by atoms with Gasteiger partial charge in [-0.1, -0.05) is 56.5 Å². The molecule has 7 nitrogen and oxygen atoms in total. The summed E-state index contributed by atoms with van der Waals surface area (Å²) < 4.78 is 0. The average molecular weight is 484 g/mol. The van der Waals surface area contributed by atoms with Crippen molar-refractivity contribution in [3.8, 4) is 0 Å². The second kappa shape index (κ2) is 12.3. The van der Waals surface area contributed by atoms with Gasteiger partial charge in [-0.2, -0.15) is 0 Å². The van der Waals surface area contributed by atoms with Crippen molar-refractivity contribution in [3.63, 3.8) is 0 Å². The third-order valence-electron chi connectivity index (χ3n) is 7.59. The fraction of sp³-hybridized carbons (Fsp3) is 0.607. The number of carbonyl (C=O) groups excluding carboxylic acids is 3. The molecule has 5 atom stereocenters. The van der Waals surface area contributed by atoms with E-state index in [-0.39, 0.29) is 36.2 Å². The van der Waals surface area contributed by atoms with Crippen molar-refractivity contribution in [1.82, 2.24) is 10.2 Å². The van der Waals surface area contributed by atoms with Gasteiger partial charge in [-0.05, 0) is 50.2 Å². The number of rotatable bonds is 11. The molecule has 1 aromatic carbocycles. The lowest BCUT2D eigenvalue weighted by molar-refractivity contribution is -0.140. The topological polar surface area (TPSA) is 98.7 Å². The summed E-state index contributed by atoms with van der Waals surface area (Å²) >= 11 is 0. The molecule has 1 aliphatic heterocycles. The first-order chi connectivity index (χ1) is 16.8. The zero-order valence-electron chi connectivity index (χ0n) is 21.5. The van der Waals surface area contributed by atoms with Crippen molar-refractivity contribution in [1.29, 1.82) is 0 Å². The molecule has 1 aromatic rings. The summed E-state index contributed by atoms with van der Waals surface area (Å²) in [7, 11) is 1.61. The predicted molar refractivity (Wildman–Crippen MR) is 138 cm³/mol. The summed E-state index contributed by atoms with van der Waals surface area (Å²) in [4.78, 5) is 42.3. The molecule has 3 rings (SSSR count). The first-order valence-electron chi connectivity index (χ1n) is 13.0. The smallest absolute Gasteiger partial charge is 0.247 e. The first kappa shape index (κ1) is 26.9. The van der Waals surface area contributed by atoms with Crippen LogP contribution in [0, 0.1) is 37.5 Å². The summed E-state index contributed by atoms with van der Waals surface area (Å²) in [6.07, 6.45) is 9.05. The highest BCUT2D eigenvalue weighted by Crippen LogP contribution is 2.45. The van der Waals surface area contributed by atoms with Crippen LogP contribution in [0.2, 0.25) is 0 Å². The third kappa shape index (κ3) is 5.77. The Morgan fingerprint density at radius 1 is 1.03 bits per heavy atom. The van der Waals surface area contributed by atoms with E-state index in [1.807, 2.05) is 38.1 Å². The average Bonchev–Trinajstić information content (AvgIpc) is 3.12. The minimum Gasteiger partial charge on any atom is -0.396 e. The van der Waals surface area contributed by atoms with E-state index in [9.17, 15) is 14.4 Å². The number of likely N-dealkylation sites (tertiary alicyclic amines) is 1. The number of aryl methyl sites for hydroxylation is 2. The largest absolute Gasteiger partial charge is 0.396 e. The van der Waals surface area contributed by atoms with Crippen LogP contribution < -0.4 is 10.6 Å². The number of hydrogen-bond donors (Lipinski definition) is 3. The number of fused-ring (bicyclic) bond motifs is 1. The Balaban J connectivity index is 1.94. The number of amides is 3. The molecule has 7 heteroatoms. The second-order valence-electron chi connectivity index (χ2n) is 9.95. The van der Waals surface area contributed by atoms with Crippen LogP contribution in [-0.4, -0.2) is 54.0 Å². The van der Waals surface area contributed by atoms with E-state index in [0.29, 0.717) is 6.54 Å². The maximum atomic E-state index is 13.8. The Bertz CT molecular complexity index is 924. The Morgan fingerprint density at radius 2 is 1.71 bits per heavy atom. The monoisotopic (exact) mass is 483 g/mol. The minimum absolute atomic E-state index is 0.0167. The molecule has 1 aliphatic carbocycles. The molecule has 0 radical (unpaired) electrons. The number of allylic oxidation sites excluding steroid dienone is 1. The molecule has 3 N–H and O–H groups in total. The number of nitrogens with one attached hydrogen (secondary N) is 2. The number of benzene rings is 1. The first-order valence-corrected chi connectivity index (χ1v) is 13.0. The van der Waals surface area contributed by atoms with Gasteiger partial charge >= 0.3 is 0 Å². The highest BCUT2D eigenvalue weighted by atomic mass is 16.3. The van der Waals surface area contributed by atoms with Crippen LogP contribution in [0.5, 0.6) is 0 Å². The standard InChI is InChI=1S/C28H41N3O4/c1-5-11-20-14-15-21-23(22(20)26(33)29-4)28(35)31(16-8-6-7-9-17-32)25(21)27(34)30-24-18(2)12-10-13-19(24)3/h10,12-15,20-23,25,32H,5-9,11,16-17H2,1-4H3,(H,29,33)(H,30,34)/t20-,21+,22-,23-,25+/m1/s1. The van der Waals surface area contributed by atoms with Gasteiger partial charge in [-0.25, -0.2) is 0 Å². The van der Waals surface area contributed by atoms with Crippen molar-refractivity contribution >= 4 is 23.4 Å². The van der Waals surface area contributed by atoms with Gasteiger partial charge in [0.25, 0.3) is 0 Å². The Labute approximate surface area is 209 Å². The SMILES string of the molecule is CCC[C@@H]1C=C[C@H]2[C@@H](C(=O)N(CCCCCCO)[C@@H]2C(=O)Nc2c(C)cccc2C)[C@@H]1C(=O)NC. The lowest BCUT2D eigenvalue weighted by atomic mass is 9.68. The van der Waals surface area contributed by atoms with Crippen molar-refractivity contribution < 1.29 is 19.5 Å². The van der Waals surface area contributed by atoms with Crippen molar-refractivity contribution in [2.75, 3.05) is 25.5 Å². The lowest BCUT2D eigenvalue weighted by Gasteiger charge is -2.34. The van der Waals surface area contributed by atoms with Crippen LogP contribution in [0.25, 0.3) is 0 Å². The van der Waals surface area contributed by atoms with Gasteiger partial charge in [-0.3, -0.25) is 14.4 Å². The van der Waals surface area contributed by atoms with Crippen LogP contribution in [0.1, 0.15) is 56.6 Å². The summed E-state index contributed by atoms with van der Waals surface area (Å²) in [6.45, 7) is 6.62. The van der Waals surface area contributed by atoms with Gasteiger partial charge in [0.05, 0.1) is 11.8 Å². The summed E-state index contributed by atoms with van der Waals surface area (Å²) in [5.74, 6) is -1.81. The molecular formula is C28H41N3O4. The van der Waals surface area contributed by atoms with E-state index in [1.54, 1.807) is 11.9 Å². The molecule has 0 saturated carbocycles. The van der Waals surface area contributed by atoms with Crippen molar-refractivity contribution in [3.05, 3.63) is 41.5 Å². The number of hydrogen-bond acceptors (Lipinski definition) is 4. The normalized spacial score (nSPS) is 25.5. The summed E-state index contributed by atoms with van der Waals surface area (Å²) in [5.41, 5.74) is 2.73. The molecule has 1 saturated heterocycles. The second-order valence-corrected chi connectivity index (χ2v) is 9.95. The Kier molecular flexibility index (Phi) is 9.49. The number of carbonyl (C=O) groups is 3. The van der Waals surface area contributed by atoms with Gasteiger partial charge in [-0.15, -0.1) is 0 Å². The van der Waals surface area contributed by atoms with E-state index in [0.717, 1.165) is 55.3 Å². The molecule has 192 valence electrons. The van der Waals surface area contributed by atoms with E-state index >= 15 is 0 Å². The van der Waals surface area contributed by atoms with E-state index in [2.05, 4.69) is 23.6 Å². The summed E-state index contributed by atoms with van der Waals surface area (Å²) in [6, 6.07) is 5.22. The van der Waals surface area contributed by atoms with E-state index < -0.39 is 17.9 Å². The minimum atomic E-state index is -0.657. The molecule has 35 heavy (non-hydrogen) atoms. The molecule has 0 aromatic heterocycles. The fourth-order valence-corrected chi connectivity index (χ4v) is 5.83. The molecule has 0 bridgehead atoms. The van der Waals surface area contributed by atoms with E-state index in [1.165, 1.54) is 0 Å². The number of aliphatic hydroxyl groups is 1. The lowest BCUT2D eigenvalue weighted by Crippen LogP contribution is -2.45. The number of unbranched alkanes of at least 4 members (excludes halogenated alkanes) is 3. The van der Waals surface area contributed by atoms with E-state index in [4.69, 9.17) is 5.11 Å². The van der Waals surface area contributed by atoms with Gasteiger partial charge in [0.15, 0.2) is 0 Å². The number of para-hydroxylation sites is 1. The maximum absolute atomic E-state index is 13.8. The fourth-order valence-electron chi connectivity index (χ4n) is 5.83. The van der Waals surface area contributed by atoms with Crippen LogP contribution >= 0.6 is 0 Å². The zero-order chi connectivity index (χ0) is 25.5. The highest BCUT2D eigenvalue weighted by molar-refractivity contribution is 6.02. The molecular weight excluding hydrogens is 442 g/mol. The van der Waals surface area contributed by atoms with Crippen LogP contribution in [0.3, 0.4) is 0 Å². The van der Waals surface area contributed by atoms with Gasteiger partial charge in [0, 0.05) is 31.8 Å². The van der Waals surface area contributed by atoms with Crippen LogP contribution in [-0.2, 0) is 14.4 Å². The predicted octanol–water partition coefficient (Wildman–Crippen LogP) is 3.59. The highest BCUT2D eigenvalue weighted by Gasteiger charge is 2.56. The molecule has 2 aliphatic rings.